The van der Waals surface area contributed by atoms with Gasteiger partial charge in [0.2, 0.25) is 0 Å². The van der Waals surface area contributed by atoms with Gasteiger partial charge in [0, 0.05) is 25.4 Å². The van der Waals surface area contributed by atoms with E-state index in [0.717, 1.165) is 25.8 Å². The van der Waals surface area contributed by atoms with Crippen LogP contribution in [0.25, 0.3) is 0 Å². The average molecular weight is 334 g/mol. The van der Waals surface area contributed by atoms with E-state index in [2.05, 4.69) is 36.9 Å². The first kappa shape index (κ1) is 17.6. The van der Waals surface area contributed by atoms with E-state index in [4.69, 9.17) is 15.2 Å². The zero-order valence-corrected chi connectivity index (χ0v) is 15.2. The van der Waals surface area contributed by atoms with Gasteiger partial charge >= 0.3 is 0 Å². The molecule has 3 heterocycles. The molecular weight excluding hydrogens is 308 g/mol. The van der Waals surface area contributed by atoms with E-state index in [1.807, 2.05) is 24.5 Å². The van der Waals surface area contributed by atoms with Gasteiger partial charge in [-0.05, 0) is 62.8 Å². The van der Waals surface area contributed by atoms with Gasteiger partial charge in [-0.2, -0.15) is 5.26 Å². The Bertz CT molecular complexity index is 696. The van der Waals surface area contributed by atoms with E-state index >= 15 is 0 Å². The highest BCUT2D eigenvalue weighted by Gasteiger charge is 2.34. The quantitative estimate of drug-likeness (QED) is 0.746. The van der Waals surface area contributed by atoms with Crippen molar-refractivity contribution in [3.63, 3.8) is 0 Å². The molecule has 1 aliphatic heterocycles. The third kappa shape index (κ3) is 3.88. The zero-order chi connectivity index (χ0) is 17.6. The van der Waals surface area contributed by atoms with Crippen LogP contribution in [0.1, 0.15) is 66.7 Å². The first-order valence-corrected chi connectivity index (χ1v) is 9.18. The lowest BCUT2D eigenvalue weighted by molar-refractivity contribution is 0.0753. The molecule has 130 valence electrons. The molecular formula is C21H26N4. The molecule has 0 unspecified atom stereocenters. The second kappa shape index (κ2) is 8.22. The molecule has 0 spiro atoms. The molecule has 0 aromatic carbocycles. The first-order valence-electron chi connectivity index (χ1n) is 9.18. The van der Waals surface area contributed by atoms with Crippen LogP contribution < -0.4 is 0 Å². The molecule has 0 aliphatic carbocycles. The molecule has 25 heavy (non-hydrogen) atoms. The number of piperidine rings is 1. The summed E-state index contributed by atoms with van der Waals surface area (Å²) in [6.45, 7) is 5.20. The van der Waals surface area contributed by atoms with E-state index in [1.54, 1.807) is 0 Å². The largest absolute Gasteiger partial charge is 0.286 e. The van der Waals surface area contributed by atoms with E-state index < -0.39 is 0 Å². The Morgan fingerprint density at radius 1 is 1.04 bits per heavy atom. The third-order valence-electron chi connectivity index (χ3n) is 5.19. The summed E-state index contributed by atoms with van der Waals surface area (Å²) >= 11 is 0. The fourth-order valence-corrected chi connectivity index (χ4v) is 3.99. The number of nitrogens with zero attached hydrogens (tertiary/aromatic N) is 4. The van der Waals surface area contributed by atoms with Gasteiger partial charge in [-0.1, -0.05) is 12.1 Å². The second-order valence-electron chi connectivity index (χ2n) is 6.87. The molecule has 0 bridgehead atoms. The molecule has 1 aliphatic rings. The number of unbranched alkanes of at least 4 members (excludes halogenated alkanes) is 1. The summed E-state index contributed by atoms with van der Waals surface area (Å²) in [5, 5.41) is 8.96. The predicted octanol–water partition coefficient (Wildman–Crippen LogP) is 4.67. The lowest BCUT2D eigenvalue weighted by atomic mass is 9.88. The predicted molar refractivity (Wildman–Crippen MR) is 98.8 cm³/mol. The van der Waals surface area contributed by atoms with Crippen LogP contribution in [0, 0.1) is 25.2 Å². The van der Waals surface area contributed by atoms with Gasteiger partial charge in [-0.25, -0.2) is 0 Å². The minimum absolute atomic E-state index is 0.306. The number of hydrogen-bond donors (Lipinski definition) is 0. The van der Waals surface area contributed by atoms with E-state index in [1.165, 1.54) is 28.9 Å². The summed E-state index contributed by atoms with van der Waals surface area (Å²) in [4.78, 5) is 12.0. The van der Waals surface area contributed by atoms with Gasteiger partial charge in [0.1, 0.15) is 0 Å². The normalized spacial score (nSPS) is 21.0. The molecule has 0 amide bonds. The van der Waals surface area contributed by atoms with E-state index in [0.29, 0.717) is 18.5 Å². The Hall–Kier alpha value is -2.25. The van der Waals surface area contributed by atoms with Crippen LogP contribution in [-0.2, 0) is 0 Å². The molecule has 4 heteroatoms. The summed E-state index contributed by atoms with van der Waals surface area (Å²) in [7, 11) is 0. The SMILES string of the molecule is Cc1cccnc1[C@H]1CCC[C@@H](c2ncccc2C)N1CCCC#N. The summed E-state index contributed by atoms with van der Waals surface area (Å²) in [5.74, 6) is 0. The van der Waals surface area contributed by atoms with Crippen LogP contribution in [0.4, 0.5) is 0 Å². The molecule has 1 fully saturated rings. The number of hydrogen-bond acceptors (Lipinski definition) is 4. The van der Waals surface area contributed by atoms with Crippen LogP contribution in [0.2, 0.25) is 0 Å². The zero-order valence-electron chi connectivity index (χ0n) is 15.2. The van der Waals surface area contributed by atoms with Crippen molar-refractivity contribution in [3.05, 3.63) is 59.2 Å². The van der Waals surface area contributed by atoms with Crippen molar-refractivity contribution in [3.8, 4) is 6.07 Å². The van der Waals surface area contributed by atoms with E-state index in [9.17, 15) is 0 Å². The van der Waals surface area contributed by atoms with Crippen molar-refractivity contribution in [2.45, 2.75) is 58.0 Å². The fourth-order valence-electron chi connectivity index (χ4n) is 3.99. The molecule has 2 aromatic heterocycles. The summed E-state index contributed by atoms with van der Waals surface area (Å²) in [5.41, 5.74) is 4.85. The van der Waals surface area contributed by atoms with Gasteiger partial charge < -0.3 is 0 Å². The smallest absolute Gasteiger partial charge is 0.0622 e. The summed E-state index contributed by atoms with van der Waals surface area (Å²) < 4.78 is 0. The molecule has 4 nitrogen and oxygen atoms in total. The number of aromatic nitrogens is 2. The molecule has 2 atom stereocenters. The Balaban J connectivity index is 1.95. The minimum atomic E-state index is 0.306. The average Bonchev–Trinajstić information content (AvgIpc) is 2.63. The van der Waals surface area contributed by atoms with Gasteiger partial charge in [-0.15, -0.1) is 0 Å². The van der Waals surface area contributed by atoms with E-state index in [-0.39, 0.29) is 0 Å². The van der Waals surface area contributed by atoms with Crippen LogP contribution in [-0.4, -0.2) is 21.4 Å². The molecule has 2 aromatic rings. The molecule has 1 saturated heterocycles. The minimum Gasteiger partial charge on any atom is -0.286 e. The van der Waals surface area contributed by atoms with Crippen molar-refractivity contribution < 1.29 is 0 Å². The third-order valence-corrected chi connectivity index (χ3v) is 5.19. The highest BCUT2D eigenvalue weighted by molar-refractivity contribution is 5.25. The Morgan fingerprint density at radius 2 is 1.60 bits per heavy atom. The number of likely N-dealkylation sites (tertiary alicyclic amines) is 1. The lowest BCUT2D eigenvalue weighted by Gasteiger charge is -2.42. The van der Waals surface area contributed by atoms with Crippen molar-refractivity contribution in [1.82, 2.24) is 14.9 Å². The Kier molecular flexibility index (Phi) is 5.78. The van der Waals surface area contributed by atoms with Crippen molar-refractivity contribution >= 4 is 0 Å². The Labute approximate surface area is 150 Å². The number of aryl methyl sites for hydroxylation is 2. The van der Waals surface area contributed by atoms with Crippen molar-refractivity contribution in [1.29, 1.82) is 5.26 Å². The van der Waals surface area contributed by atoms with Gasteiger partial charge in [0.05, 0.1) is 29.5 Å². The number of rotatable bonds is 5. The number of pyridine rings is 2. The fraction of sp³-hybridized carbons (Fsp3) is 0.476. The molecule has 0 saturated carbocycles. The van der Waals surface area contributed by atoms with Crippen LogP contribution in [0.5, 0.6) is 0 Å². The second-order valence-corrected chi connectivity index (χ2v) is 6.87. The lowest BCUT2D eigenvalue weighted by Crippen LogP contribution is -2.38. The molecule has 0 N–H and O–H groups in total. The summed E-state index contributed by atoms with van der Waals surface area (Å²) in [6.07, 6.45) is 8.69. The standard InChI is InChI=1S/C21H26N4/c1-16-8-6-13-23-20(16)18-10-5-11-19(25(18)15-4-3-12-22)21-17(2)9-7-14-24-21/h6-9,13-14,18-19H,3-5,10-11,15H2,1-2H3/t18-,19+. The number of nitriles is 1. The maximum Gasteiger partial charge on any atom is 0.0622 e. The van der Waals surface area contributed by atoms with Gasteiger partial charge in [0.15, 0.2) is 0 Å². The van der Waals surface area contributed by atoms with Gasteiger partial charge in [-0.3, -0.25) is 14.9 Å². The maximum absolute atomic E-state index is 8.96. The Morgan fingerprint density at radius 3 is 2.08 bits per heavy atom. The molecule has 0 radical (unpaired) electrons. The summed E-state index contributed by atoms with van der Waals surface area (Å²) in [6, 6.07) is 11.2. The highest BCUT2D eigenvalue weighted by Crippen LogP contribution is 2.42. The monoisotopic (exact) mass is 334 g/mol. The van der Waals surface area contributed by atoms with Crippen LogP contribution >= 0.6 is 0 Å². The van der Waals surface area contributed by atoms with Crippen molar-refractivity contribution in [2.24, 2.45) is 0 Å². The van der Waals surface area contributed by atoms with Crippen molar-refractivity contribution in [2.75, 3.05) is 6.54 Å². The topological polar surface area (TPSA) is 52.8 Å². The van der Waals surface area contributed by atoms with Gasteiger partial charge in [0.25, 0.3) is 0 Å². The highest BCUT2D eigenvalue weighted by atomic mass is 15.2. The first-order chi connectivity index (χ1) is 12.2. The maximum atomic E-state index is 8.96. The molecule has 3 rings (SSSR count). The van der Waals surface area contributed by atoms with Crippen LogP contribution in [0.3, 0.4) is 0 Å². The van der Waals surface area contributed by atoms with Crippen LogP contribution in [0.15, 0.2) is 36.7 Å².